The molecular weight excluding hydrogens is 308 g/mol. The lowest BCUT2D eigenvalue weighted by atomic mass is 10.3. The minimum Gasteiger partial charge on any atom is -0.497 e. The molecule has 0 heterocycles. The van der Waals surface area contributed by atoms with Crippen molar-refractivity contribution in [3.05, 3.63) is 46.9 Å². The van der Waals surface area contributed by atoms with Gasteiger partial charge in [0, 0.05) is 16.2 Å². The number of halogens is 1. The van der Waals surface area contributed by atoms with Crippen molar-refractivity contribution in [1.29, 1.82) is 0 Å². The van der Waals surface area contributed by atoms with Crippen LogP contribution in [0.1, 0.15) is 0 Å². The molecule has 0 unspecified atom stereocenters. The van der Waals surface area contributed by atoms with E-state index in [0.717, 1.165) is 15.9 Å². The van der Waals surface area contributed by atoms with E-state index in [1.54, 1.807) is 32.4 Å². The van der Waals surface area contributed by atoms with Crippen LogP contribution in [0.4, 0.5) is 11.4 Å². The minimum absolute atomic E-state index is 0.619. The molecule has 0 aliphatic carbocycles. The van der Waals surface area contributed by atoms with Crippen LogP contribution in [0.2, 0.25) is 0 Å². The Morgan fingerprint density at radius 2 is 1.68 bits per heavy atom. The highest BCUT2D eigenvalue weighted by molar-refractivity contribution is 9.10. The smallest absolute Gasteiger partial charge is 0.145 e. The fourth-order valence-electron chi connectivity index (χ4n) is 1.33. The summed E-state index contributed by atoms with van der Waals surface area (Å²) in [6.07, 6.45) is 0. The summed E-state index contributed by atoms with van der Waals surface area (Å²) in [4.78, 5) is 0. The van der Waals surface area contributed by atoms with Gasteiger partial charge in [0.05, 0.1) is 19.9 Å². The Morgan fingerprint density at radius 1 is 0.947 bits per heavy atom. The van der Waals surface area contributed by atoms with Crippen LogP contribution in [0.15, 0.2) is 46.9 Å². The largest absolute Gasteiger partial charge is 0.497 e. The molecule has 0 aromatic heterocycles. The summed E-state index contributed by atoms with van der Waals surface area (Å²) < 4.78 is 11.0. The van der Waals surface area contributed by atoms with Crippen LogP contribution in [0.5, 0.6) is 11.5 Å². The normalized spacial score (nSPS) is 9.21. The third-order valence-corrected chi connectivity index (χ3v) is 2.78. The molecule has 0 amide bonds. The van der Waals surface area contributed by atoms with E-state index >= 15 is 0 Å². The molecule has 0 spiro atoms. The van der Waals surface area contributed by atoms with Gasteiger partial charge in [-0.25, -0.2) is 0 Å². The molecule has 4 N–H and O–H groups in total. The van der Waals surface area contributed by atoms with Gasteiger partial charge in [0.25, 0.3) is 0 Å². The number of hydrogen-bond acceptors (Lipinski definition) is 4. The molecule has 2 aromatic carbocycles. The first-order chi connectivity index (χ1) is 9.06. The number of nitrogen functional groups attached to an aromatic ring is 2. The van der Waals surface area contributed by atoms with Gasteiger partial charge in [0.2, 0.25) is 0 Å². The fourth-order valence-corrected chi connectivity index (χ4v) is 1.74. The van der Waals surface area contributed by atoms with Crippen molar-refractivity contribution in [2.75, 3.05) is 25.7 Å². The maximum atomic E-state index is 5.57. The summed E-state index contributed by atoms with van der Waals surface area (Å²) in [5, 5.41) is 0. The van der Waals surface area contributed by atoms with Crippen molar-refractivity contribution in [1.82, 2.24) is 0 Å². The molecule has 0 aliphatic rings. The summed E-state index contributed by atoms with van der Waals surface area (Å²) in [7, 11) is 3.18. The zero-order valence-corrected chi connectivity index (χ0v) is 12.5. The predicted molar refractivity (Wildman–Crippen MR) is 82.5 cm³/mol. The van der Waals surface area contributed by atoms with Gasteiger partial charge in [-0.05, 0) is 30.3 Å². The standard InChI is InChI=1S/C8H11NO2.C6H6BrN/c1-10-6-3-4-7(9)8(5-6)11-2;7-5-2-1-3-6(8)4-5/h3-5H,9H2,1-2H3;1-4H,8H2. The Hall–Kier alpha value is -1.88. The van der Waals surface area contributed by atoms with Crippen LogP contribution in [0, 0.1) is 0 Å². The molecule has 102 valence electrons. The van der Waals surface area contributed by atoms with E-state index in [2.05, 4.69) is 15.9 Å². The summed E-state index contributed by atoms with van der Waals surface area (Å²) in [6, 6.07) is 12.8. The van der Waals surface area contributed by atoms with Gasteiger partial charge in [-0.15, -0.1) is 0 Å². The fraction of sp³-hybridized carbons (Fsp3) is 0.143. The van der Waals surface area contributed by atoms with E-state index in [1.165, 1.54) is 0 Å². The second kappa shape index (κ2) is 7.53. The van der Waals surface area contributed by atoms with Crippen LogP contribution in [0.25, 0.3) is 0 Å². The highest BCUT2D eigenvalue weighted by atomic mass is 79.9. The number of anilines is 2. The third kappa shape index (κ3) is 5.09. The van der Waals surface area contributed by atoms with Gasteiger partial charge >= 0.3 is 0 Å². The molecule has 0 bridgehead atoms. The molecule has 2 rings (SSSR count). The van der Waals surface area contributed by atoms with Crippen molar-refractivity contribution >= 4 is 27.3 Å². The van der Waals surface area contributed by atoms with E-state index in [4.69, 9.17) is 20.9 Å². The minimum atomic E-state index is 0.619. The molecule has 0 saturated heterocycles. The lowest BCUT2D eigenvalue weighted by molar-refractivity contribution is 0.395. The van der Waals surface area contributed by atoms with Gasteiger partial charge in [0.1, 0.15) is 11.5 Å². The van der Waals surface area contributed by atoms with Crippen molar-refractivity contribution in [2.24, 2.45) is 0 Å². The van der Waals surface area contributed by atoms with E-state index in [-0.39, 0.29) is 0 Å². The zero-order valence-electron chi connectivity index (χ0n) is 10.9. The summed E-state index contributed by atoms with van der Waals surface area (Å²) in [6.45, 7) is 0. The highest BCUT2D eigenvalue weighted by Crippen LogP contribution is 2.25. The Morgan fingerprint density at radius 3 is 2.16 bits per heavy atom. The second-order valence-electron chi connectivity index (χ2n) is 3.66. The van der Waals surface area contributed by atoms with Crippen molar-refractivity contribution in [2.45, 2.75) is 0 Å². The highest BCUT2D eigenvalue weighted by Gasteiger charge is 1.99. The molecule has 0 aliphatic heterocycles. The number of nitrogens with two attached hydrogens (primary N) is 2. The molecular formula is C14H17BrN2O2. The molecule has 0 fully saturated rings. The first-order valence-corrected chi connectivity index (χ1v) is 6.34. The maximum absolute atomic E-state index is 5.57. The second-order valence-corrected chi connectivity index (χ2v) is 4.58. The molecule has 4 nitrogen and oxygen atoms in total. The van der Waals surface area contributed by atoms with Crippen LogP contribution in [-0.4, -0.2) is 14.2 Å². The first kappa shape index (κ1) is 15.2. The summed E-state index contributed by atoms with van der Waals surface area (Å²) in [5.41, 5.74) is 12.4. The van der Waals surface area contributed by atoms with Crippen molar-refractivity contribution in [3.63, 3.8) is 0 Å². The zero-order chi connectivity index (χ0) is 14.3. The van der Waals surface area contributed by atoms with E-state index in [1.807, 2.05) is 24.3 Å². The molecule has 0 radical (unpaired) electrons. The predicted octanol–water partition coefficient (Wildman–Crippen LogP) is 3.32. The topological polar surface area (TPSA) is 70.5 Å². The Bertz CT molecular complexity index is 515. The van der Waals surface area contributed by atoms with Gasteiger partial charge < -0.3 is 20.9 Å². The van der Waals surface area contributed by atoms with Gasteiger partial charge in [-0.3, -0.25) is 0 Å². The molecule has 5 heteroatoms. The van der Waals surface area contributed by atoms with E-state index < -0.39 is 0 Å². The van der Waals surface area contributed by atoms with Crippen molar-refractivity contribution in [3.8, 4) is 11.5 Å². The van der Waals surface area contributed by atoms with Crippen LogP contribution in [0.3, 0.4) is 0 Å². The van der Waals surface area contributed by atoms with Crippen LogP contribution in [-0.2, 0) is 0 Å². The van der Waals surface area contributed by atoms with Crippen LogP contribution >= 0.6 is 15.9 Å². The van der Waals surface area contributed by atoms with Crippen molar-refractivity contribution < 1.29 is 9.47 Å². The van der Waals surface area contributed by atoms with Gasteiger partial charge in [-0.1, -0.05) is 22.0 Å². The SMILES string of the molecule is COc1ccc(N)c(OC)c1.Nc1cccc(Br)c1. The Labute approximate surface area is 121 Å². The summed E-state index contributed by atoms with van der Waals surface area (Å²) in [5.74, 6) is 1.39. The number of methoxy groups -OCH3 is 2. The molecule has 2 aromatic rings. The molecule has 0 atom stereocenters. The van der Waals surface area contributed by atoms with E-state index in [0.29, 0.717) is 11.4 Å². The third-order valence-electron chi connectivity index (χ3n) is 2.29. The Kier molecular flexibility index (Phi) is 6.02. The van der Waals surface area contributed by atoms with Gasteiger partial charge in [-0.2, -0.15) is 0 Å². The average molecular weight is 325 g/mol. The van der Waals surface area contributed by atoms with E-state index in [9.17, 15) is 0 Å². The summed E-state index contributed by atoms with van der Waals surface area (Å²) >= 11 is 3.28. The number of rotatable bonds is 2. The molecule has 0 saturated carbocycles. The monoisotopic (exact) mass is 324 g/mol. The lowest BCUT2D eigenvalue weighted by Gasteiger charge is -2.05. The number of ether oxygens (including phenoxy) is 2. The van der Waals surface area contributed by atoms with Gasteiger partial charge in [0.15, 0.2) is 0 Å². The number of benzene rings is 2. The number of hydrogen-bond donors (Lipinski definition) is 2. The average Bonchev–Trinajstić information content (AvgIpc) is 2.40. The Balaban J connectivity index is 0.000000200. The lowest BCUT2D eigenvalue weighted by Crippen LogP contribution is -1.92. The maximum Gasteiger partial charge on any atom is 0.145 e. The quantitative estimate of drug-likeness (QED) is 0.831. The van der Waals surface area contributed by atoms with Crippen LogP contribution < -0.4 is 20.9 Å². The first-order valence-electron chi connectivity index (χ1n) is 5.55. The molecule has 19 heavy (non-hydrogen) atoms.